The van der Waals surface area contributed by atoms with Crippen molar-refractivity contribution in [3.05, 3.63) is 70.2 Å². The summed E-state index contributed by atoms with van der Waals surface area (Å²) >= 11 is 5.86. The standard InChI is InChI=1S/C18H15ClN2O4/c19-14-6-4-13(5-7-14)16-15(18(23)24)17(21-25-16)20-9-11-2-1-3-12(8-11)10-22/h1-8,22H,9-10H2,(H,20,21)(H,23,24). The predicted octanol–water partition coefficient (Wildman–Crippen LogP) is 3.80. The molecule has 0 aliphatic rings. The number of nitrogens with one attached hydrogen (secondary N) is 1. The normalized spacial score (nSPS) is 10.6. The van der Waals surface area contributed by atoms with Crippen LogP contribution in [0.1, 0.15) is 21.5 Å². The van der Waals surface area contributed by atoms with Crippen molar-refractivity contribution >= 4 is 23.4 Å². The highest BCUT2D eigenvalue weighted by atomic mass is 35.5. The van der Waals surface area contributed by atoms with Crippen molar-refractivity contribution in [3.63, 3.8) is 0 Å². The number of halogens is 1. The molecule has 25 heavy (non-hydrogen) atoms. The maximum absolute atomic E-state index is 11.7. The van der Waals surface area contributed by atoms with E-state index in [1.807, 2.05) is 18.2 Å². The van der Waals surface area contributed by atoms with E-state index in [0.29, 0.717) is 17.1 Å². The summed E-state index contributed by atoms with van der Waals surface area (Å²) in [6.07, 6.45) is 0. The largest absolute Gasteiger partial charge is 0.477 e. The average molecular weight is 359 g/mol. The minimum absolute atomic E-state index is 0.0411. The molecule has 7 heteroatoms. The summed E-state index contributed by atoms with van der Waals surface area (Å²) in [5, 5.41) is 26.1. The van der Waals surface area contributed by atoms with Gasteiger partial charge in [0.2, 0.25) is 0 Å². The van der Waals surface area contributed by atoms with Crippen molar-refractivity contribution in [2.75, 3.05) is 5.32 Å². The molecule has 1 heterocycles. The maximum atomic E-state index is 11.7. The van der Waals surface area contributed by atoms with Crippen LogP contribution in [-0.4, -0.2) is 21.3 Å². The number of aromatic carboxylic acids is 1. The number of aliphatic hydroxyl groups is 1. The Morgan fingerprint density at radius 3 is 2.56 bits per heavy atom. The van der Waals surface area contributed by atoms with E-state index in [0.717, 1.165) is 11.1 Å². The second-order valence-electron chi connectivity index (χ2n) is 5.38. The molecule has 2 aromatic carbocycles. The van der Waals surface area contributed by atoms with Gasteiger partial charge in [0.1, 0.15) is 0 Å². The van der Waals surface area contributed by atoms with Crippen LogP contribution in [0.2, 0.25) is 5.02 Å². The number of hydrogen-bond acceptors (Lipinski definition) is 5. The van der Waals surface area contributed by atoms with E-state index in [9.17, 15) is 15.0 Å². The molecule has 0 unspecified atom stereocenters. The van der Waals surface area contributed by atoms with Gasteiger partial charge in [0.05, 0.1) is 6.61 Å². The molecule has 128 valence electrons. The molecule has 0 aliphatic heterocycles. The minimum Gasteiger partial charge on any atom is -0.477 e. The molecule has 0 spiro atoms. The summed E-state index contributed by atoms with van der Waals surface area (Å²) < 4.78 is 5.24. The molecular weight excluding hydrogens is 344 g/mol. The van der Waals surface area contributed by atoms with Crippen molar-refractivity contribution in [1.82, 2.24) is 5.16 Å². The number of benzene rings is 2. The van der Waals surface area contributed by atoms with Gasteiger partial charge in [-0.3, -0.25) is 0 Å². The van der Waals surface area contributed by atoms with E-state index in [1.54, 1.807) is 30.3 Å². The first-order valence-electron chi connectivity index (χ1n) is 7.50. The van der Waals surface area contributed by atoms with Crippen LogP contribution >= 0.6 is 11.6 Å². The number of carboxylic acid groups (broad SMARTS) is 1. The van der Waals surface area contributed by atoms with Crippen molar-refractivity contribution in [2.45, 2.75) is 13.2 Å². The monoisotopic (exact) mass is 358 g/mol. The number of rotatable bonds is 6. The highest BCUT2D eigenvalue weighted by molar-refractivity contribution is 6.30. The molecule has 6 nitrogen and oxygen atoms in total. The first-order valence-corrected chi connectivity index (χ1v) is 7.87. The van der Waals surface area contributed by atoms with Gasteiger partial charge in [-0.15, -0.1) is 0 Å². The van der Waals surface area contributed by atoms with E-state index >= 15 is 0 Å². The van der Waals surface area contributed by atoms with Crippen molar-refractivity contribution < 1.29 is 19.5 Å². The Bertz CT molecular complexity index is 890. The van der Waals surface area contributed by atoms with Gasteiger partial charge < -0.3 is 20.1 Å². The third-order valence-electron chi connectivity index (χ3n) is 3.65. The number of hydrogen-bond donors (Lipinski definition) is 3. The van der Waals surface area contributed by atoms with Crippen LogP contribution in [0, 0.1) is 0 Å². The van der Waals surface area contributed by atoms with Crippen LogP contribution in [0.4, 0.5) is 5.82 Å². The summed E-state index contributed by atoms with van der Waals surface area (Å²) in [5.74, 6) is -0.833. The smallest absolute Gasteiger partial charge is 0.343 e. The van der Waals surface area contributed by atoms with Crippen LogP contribution in [-0.2, 0) is 13.2 Å². The Balaban J connectivity index is 1.86. The number of anilines is 1. The van der Waals surface area contributed by atoms with Gasteiger partial charge in [-0.2, -0.15) is 0 Å². The maximum Gasteiger partial charge on any atom is 0.343 e. The van der Waals surface area contributed by atoms with Crippen LogP contribution in [0.25, 0.3) is 11.3 Å². The fourth-order valence-corrected chi connectivity index (χ4v) is 2.56. The molecule has 0 saturated carbocycles. The highest BCUT2D eigenvalue weighted by Gasteiger charge is 2.23. The summed E-state index contributed by atoms with van der Waals surface area (Å²) in [4.78, 5) is 11.7. The van der Waals surface area contributed by atoms with Crippen molar-refractivity contribution in [3.8, 4) is 11.3 Å². The summed E-state index contributed by atoms with van der Waals surface area (Å²) in [6.45, 7) is 0.291. The lowest BCUT2D eigenvalue weighted by Gasteiger charge is -2.06. The lowest BCUT2D eigenvalue weighted by Crippen LogP contribution is -2.06. The molecule has 0 aliphatic carbocycles. The summed E-state index contributed by atoms with van der Waals surface area (Å²) in [6, 6.07) is 14.0. The van der Waals surface area contributed by atoms with Crippen molar-refractivity contribution in [2.24, 2.45) is 0 Å². The number of nitrogens with zero attached hydrogens (tertiary/aromatic N) is 1. The van der Waals surface area contributed by atoms with Gasteiger partial charge in [-0.05, 0) is 35.4 Å². The SMILES string of the molecule is O=C(O)c1c(NCc2cccc(CO)c2)noc1-c1ccc(Cl)cc1. The van der Waals surface area contributed by atoms with E-state index in [4.69, 9.17) is 16.1 Å². The van der Waals surface area contributed by atoms with E-state index in [2.05, 4.69) is 10.5 Å². The van der Waals surface area contributed by atoms with E-state index in [1.165, 1.54) is 0 Å². The lowest BCUT2D eigenvalue weighted by molar-refractivity contribution is 0.0698. The average Bonchev–Trinajstić information content (AvgIpc) is 3.05. The zero-order chi connectivity index (χ0) is 17.8. The van der Waals surface area contributed by atoms with Crippen LogP contribution in [0.15, 0.2) is 53.1 Å². The van der Waals surface area contributed by atoms with Crippen LogP contribution in [0.3, 0.4) is 0 Å². The molecule has 0 fully saturated rings. The van der Waals surface area contributed by atoms with Gasteiger partial charge in [0.15, 0.2) is 17.1 Å². The quantitative estimate of drug-likeness (QED) is 0.620. The second-order valence-corrected chi connectivity index (χ2v) is 5.82. The summed E-state index contributed by atoms with van der Waals surface area (Å²) in [5.41, 5.74) is 2.20. The van der Waals surface area contributed by atoms with Crippen molar-refractivity contribution in [1.29, 1.82) is 0 Å². The van der Waals surface area contributed by atoms with Gasteiger partial charge in [-0.25, -0.2) is 4.79 Å². The topological polar surface area (TPSA) is 95.6 Å². The zero-order valence-electron chi connectivity index (χ0n) is 13.1. The van der Waals surface area contributed by atoms with Gasteiger partial charge in [-0.1, -0.05) is 41.0 Å². The molecule has 0 radical (unpaired) electrons. The highest BCUT2D eigenvalue weighted by Crippen LogP contribution is 2.30. The first-order chi connectivity index (χ1) is 12.1. The molecule has 3 aromatic rings. The summed E-state index contributed by atoms with van der Waals surface area (Å²) in [7, 11) is 0. The molecule has 3 N–H and O–H groups in total. The fraction of sp³-hybridized carbons (Fsp3) is 0.111. The Kier molecular flexibility index (Phi) is 5.02. The number of carbonyl (C=O) groups is 1. The molecule has 0 bridgehead atoms. The predicted molar refractivity (Wildman–Crippen MR) is 93.6 cm³/mol. The van der Waals surface area contributed by atoms with Gasteiger partial charge in [0.25, 0.3) is 0 Å². The number of aromatic nitrogens is 1. The number of aliphatic hydroxyl groups excluding tert-OH is 1. The molecular formula is C18H15ClN2O4. The zero-order valence-corrected chi connectivity index (χ0v) is 13.8. The number of carboxylic acids is 1. The molecule has 0 amide bonds. The molecule has 1 aromatic heterocycles. The van der Waals surface area contributed by atoms with E-state index in [-0.39, 0.29) is 23.7 Å². The Morgan fingerprint density at radius 2 is 1.88 bits per heavy atom. The van der Waals surface area contributed by atoms with Gasteiger partial charge in [0, 0.05) is 17.1 Å². The van der Waals surface area contributed by atoms with Crippen LogP contribution < -0.4 is 5.32 Å². The Hall–Kier alpha value is -2.83. The van der Waals surface area contributed by atoms with Gasteiger partial charge >= 0.3 is 5.97 Å². The molecule has 3 rings (SSSR count). The Morgan fingerprint density at radius 1 is 1.16 bits per heavy atom. The lowest BCUT2D eigenvalue weighted by atomic mass is 10.1. The third kappa shape index (κ3) is 3.81. The Labute approximate surface area is 148 Å². The first kappa shape index (κ1) is 17.0. The molecule has 0 saturated heterocycles. The molecule has 0 atom stereocenters. The second kappa shape index (κ2) is 7.38. The third-order valence-corrected chi connectivity index (χ3v) is 3.90. The fourth-order valence-electron chi connectivity index (χ4n) is 2.43. The van der Waals surface area contributed by atoms with Crippen LogP contribution in [0.5, 0.6) is 0 Å². The van der Waals surface area contributed by atoms with E-state index < -0.39 is 5.97 Å². The minimum atomic E-state index is -1.14.